The van der Waals surface area contributed by atoms with Crippen molar-refractivity contribution in [3.63, 3.8) is 0 Å². The van der Waals surface area contributed by atoms with Gasteiger partial charge < -0.3 is 14.2 Å². The molecule has 0 spiro atoms. The summed E-state index contributed by atoms with van der Waals surface area (Å²) in [6, 6.07) is 0. The van der Waals surface area contributed by atoms with Crippen LogP contribution in [-0.4, -0.2) is 37.2 Å². The number of carbonyl (C=O) groups excluding carboxylic acids is 3. The van der Waals surface area contributed by atoms with E-state index in [2.05, 4.69) is 63.3 Å². The zero-order valence-corrected chi connectivity index (χ0v) is 48.2. The Hall–Kier alpha value is -2.63. The zero-order chi connectivity index (χ0) is 52.2. The SMILES string of the molecule is CC/C=C\C/C=C\C/C=C\C/C=C\CCC(=O)OCC(COC(=O)CCCCCCCCCCCCCCCCCCCCCCC)OC(=O)CCCCCCCCCCCCCCCCCCCCCC. The van der Waals surface area contributed by atoms with E-state index in [1.165, 1.54) is 225 Å². The van der Waals surface area contributed by atoms with Crippen molar-refractivity contribution in [2.24, 2.45) is 0 Å². The lowest BCUT2D eigenvalue weighted by molar-refractivity contribution is -0.166. The second-order valence-electron chi connectivity index (χ2n) is 21.3. The topological polar surface area (TPSA) is 78.9 Å². The molecular weight excluding hydrogens is 889 g/mol. The van der Waals surface area contributed by atoms with Gasteiger partial charge in [0.2, 0.25) is 0 Å². The van der Waals surface area contributed by atoms with E-state index in [9.17, 15) is 14.4 Å². The molecule has 0 bridgehead atoms. The molecule has 1 unspecified atom stereocenters. The average molecular weight is 1010 g/mol. The Morgan fingerprint density at radius 1 is 0.292 bits per heavy atom. The Balaban J connectivity index is 4.31. The first-order valence-corrected chi connectivity index (χ1v) is 31.6. The van der Waals surface area contributed by atoms with Crippen LogP contribution >= 0.6 is 0 Å². The van der Waals surface area contributed by atoms with Crippen LogP contribution in [0.15, 0.2) is 48.6 Å². The molecule has 420 valence electrons. The van der Waals surface area contributed by atoms with Gasteiger partial charge in [-0.2, -0.15) is 0 Å². The minimum Gasteiger partial charge on any atom is -0.462 e. The summed E-state index contributed by atoms with van der Waals surface area (Å²) in [4.78, 5) is 38.2. The van der Waals surface area contributed by atoms with Crippen molar-refractivity contribution in [3.05, 3.63) is 48.6 Å². The van der Waals surface area contributed by atoms with E-state index in [1.54, 1.807) is 0 Å². The zero-order valence-electron chi connectivity index (χ0n) is 48.2. The molecule has 0 aromatic rings. The van der Waals surface area contributed by atoms with Crippen molar-refractivity contribution in [2.45, 2.75) is 341 Å². The lowest BCUT2D eigenvalue weighted by Crippen LogP contribution is -2.30. The van der Waals surface area contributed by atoms with Crippen LogP contribution in [0, 0.1) is 0 Å². The largest absolute Gasteiger partial charge is 0.462 e. The molecule has 6 nitrogen and oxygen atoms in total. The van der Waals surface area contributed by atoms with Crippen LogP contribution < -0.4 is 0 Å². The summed E-state index contributed by atoms with van der Waals surface area (Å²) in [6.07, 6.45) is 75.7. The van der Waals surface area contributed by atoms with Crippen LogP contribution in [0.2, 0.25) is 0 Å². The second-order valence-corrected chi connectivity index (χ2v) is 21.3. The van der Waals surface area contributed by atoms with Gasteiger partial charge in [0.15, 0.2) is 6.10 Å². The van der Waals surface area contributed by atoms with Crippen LogP contribution in [0.1, 0.15) is 335 Å². The maximum absolute atomic E-state index is 12.9. The molecule has 1 atom stereocenters. The van der Waals surface area contributed by atoms with Crippen molar-refractivity contribution in [1.29, 1.82) is 0 Å². The smallest absolute Gasteiger partial charge is 0.306 e. The molecule has 0 aromatic carbocycles. The highest BCUT2D eigenvalue weighted by Gasteiger charge is 2.19. The predicted octanol–water partition coefficient (Wildman–Crippen LogP) is 21.4. The van der Waals surface area contributed by atoms with E-state index in [4.69, 9.17) is 14.2 Å². The quantitative estimate of drug-likeness (QED) is 0.0261. The number of allylic oxidation sites excluding steroid dienone is 8. The number of ether oxygens (including phenoxy) is 3. The molecule has 0 rings (SSSR count). The molecule has 0 N–H and O–H groups in total. The van der Waals surface area contributed by atoms with E-state index in [1.807, 2.05) is 6.08 Å². The van der Waals surface area contributed by atoms with Crippen molar-refractivity contribution >= 4 is 17.9 Å². The van der Waals surface area contributed by atoms with E-state index in [0.717, 1.165) is 64.2 Å². The Kier molecular flexibility index (Phi) is 58.7. The van der Waals surface area contributed by atoms with Crippen molar-refractivity contribution in [2.75, 3.05) is 13.2 Å². The van der Waals surface area contributed by atoms with Gasteiger partial charge in [0.05, 0.1) is 0 Å². The van der Waals surface area contributed by atoms with Crippen molar-refractivity contribution in [3.8, 4) is 0 Å². The molecule has 0 aliphatic carbocycles. The molecule has 0 saturated heterocycles. The van der Waals surface area contributed by atoms with E-state index in [-0.39, 0.29) is 37.5 Å². The fourth-order valence-corrected chi connectivity index (χ4v) is 9.40. The minimum absolute atomic E-state index is 0.0901. The van der Waals surface area contributed by atoms with E-state index >= 15 is 0 Å². The van der Waals surface area contributed by atoms with Gasteiger partial charge in [-0.1, -0.05) is 320 Å². The molecule has 0 saturated carbocycles. The summed E-state index contributed by atoms with van der Waals surface area (Å²) in [6.45, 7) is 6.52. The molecule has 0 aliphatic rings. The Bertz CT molecular complexity index is 1250. The van der Waals surface area contributed by atoms with E-state index < -0.39 is 6.10 Å². The number of rotatable bonds is 58. The number of unbranched alkanes of at least 4 members (excludes halogenated alkanes) is 39. The Morgan fingerprint density at radius 3 is 0.847 bits per heavy atom. The molecule has 0 aliphatic heterocycles. The van der Waals surface area contributed by atoms with Crippen LogP contribution in [0.4, 0.5) is 0 Å². The predicted molar refractivity (Wildman–Crippen MR) is 312 cm³/mol. The fourth-order valence-electron chi connectivity index (χ4n) is 9.40. The van der Waals surface area contributed by atoms with Gasteiger partial charge in [-0.25, -0.2) is 0 Å². The standard InChI is InChI=1S/C66H120O6/c1-4-7-10-13-16-19-22-25-27-29-31-33-35-36-38-41-44-47-50-53-56-59-65(68)71-62-63(61-70-64(67)58-55-52-49-46-43-40-24-21-18-15-12-9-6-3)72-66(69)60-57-54-51-48-45-42-39-37-34-32-30-28-26-23-20-17-14-11-8-5-2/h9,12,18,21,40,43,49,52,63H,4-8,10-11,13-17,19-20,22-39,41-42,44-48,50-51,53-62H2,1-3H3/b12-9-,21-18-,43-40-,52-49-. The Morgan fingerprint density at radius 2 is 0.542 bits per heavy atom. The van der Waals surface area contributed by atoms with Crippen molar-refractivity contribution in [1.82, 2.24) is 0 Å². The normalized spacial score (nSPS) is 12.3. The minimum atomic E-state index is -0.799. The molecule has 0 radical (unpaired) electrons. The summed E-state index contributed by atoms with van der Waals surface area (Å²) in [5.41, 5.74) is 0. The first kappa shape index (κ1) is 69.4. The summed E-state index contributed by atoms with van der Waals surface area (Å²) >= 11 is 0. The number of esters is 3. The summed E-state index contributed by atoms with van der Waals surface area (Å²) < 4.78 is 16.9. The van der Waals surface area contributed by atoms with Gasteiger partial charge in [0, 0.05) is 19.3 Å². The molecule has 6 heteroatoms. The number of hydrogen-bond donors (Lipinski definition) is 0. The maximum atomic E-state index is 12.9. The van der Waals surface area contributed by atoms with Gasteiger partial charge >= 0.3 is 17.9 Å². The average Bonchev–Trinajstić information content (AvgIpc) is 3.38. The molecule has 0 amide bonds. The molecule has 0 fully saturated rings. The second kappa shape index (κ2) is 60.9. The first-order chi connectivity index (χ1) is 35.5. The monoisotopic (exact) mass is 1010 g/mol. The third-order valence-electron chi connectivity index (χ3n) is 14.1. The van der Waals surface area contributed by atoms with Gasteiger partial charge in [-0.05, 0) is 44.9 Å². The van der Waals surface area contributed by atoms with Gasteiger partial charge in [0.1, 0.15) is 13.2 Å². The van der Waals surface area contributed by atoms with Crippen molar-refractivity contribution < 1.29 is 28.6 Å². The third-order valence-corrected chi connectivity index (χ3v) is 14.1. The van der Waals surface area contributed by atoms with Crippen LogP contribution in [-0.2, 0) is 28.6 Å². The molecule has 72 heavy (non-hydrogen) atoms. The highest BCUT2D eigenvalue weighted by atomic mass is 16.6. The highest BCUT2D eigenvalue weighted by Crippen LogP contribution is 2.18. The number of carbonyl (C=O) groups is 3. The summed E-state index contributed by atoms with van der Waals surface area (Å²) in [5.74, 6) is -0.953. The maximum Gasteiger partial charge on any atom is 0.306 e. The molecular formula is C66H120O6. The molecule has 0 heterocycles. The fraction of sp³-hybridized carbons (Fsp3) is 0.833. The summed E-state index contributed by atoms with van der Waals surface area (Å²) in [5, 5.41) is 0. The third kappa shape index (κ3) is 58.3. The van der Waals surface area contributed by atoms with Gasteiger partial charge in [-0.3, -0.25) is 14.4 Å². The number of hydrogen-bond acceptors (Lipinski definition) is 6. The Labute approximate surface area is 448 Å². The molecule has 0 aromatic heterocycles. The van der Waals surface area contributed by atoms with Gasteiger partial charge in [0.25, 0.3) is 0 Å². The van der Waals surface area contributed by atoms with Crippen LogP contribution in [0.3, 0.4) is 0 Å². The highest BCUT2D eigenvalue weighted by molar-refractivity contribution is 5.71. The first-order valence-electron chi connectivity index (χ1n) is 31.6. The summed E-state index contributed by atoms with van der Waals surface area (Å²) in [7, 11) is 0. The van der Waals surface area contributed by atoms with Crippen LogP contribution in [0.5, 0.6) is 0 Å². The lowest BCUT2D eigenvalue weighted by Gasteiger charge is -2.18. The van der Waals surface area contributed by atoms with E-state index in [0.29, 0.717) is 19.3 Å². The van der Waals surface area contributed by atoms with Gasteiger partial charge in [-0.15, -0.1) is 0 Å². The van der Waals surface area contributed by atoms with Crippen LogP contribution in [0.25, 0.3) is 0 Å². The lowest BCUT2D eigenvalue weighted by atomic mass is 10.0.